The van der Waals surface area contributed by atoms with Gasteiger partial charge in [0.05, 0.1) is 0 Å². The molecule has 1 aliphatic rings. The lowest BCUT2D eigenvalue weighted by atomic mass is 9.98. The van der Waals surface area contributed by atoms with Crippen LogP contribution in [0.4, 0.5) is 0 Å². The number of hydrogen-bond donors (Lipinski definition) is 0. The van der Waals surface area contributed by atoms with Gasteiger partial charge in [0.1, 0.15) is 5.56 Å². The first-order chi connectivity index (χ1) is 11.7. The van der Waals surface area contributed by atoms with Gasteiger partial charge in [-0.05, 0) is 30.4 Å². The normalized spacial score (nSPS) is 14.9. The Balaban J connectivity index is 1.62. The van der Waals surface area contributed by atoms with Crippen molar-refractivity contribution in [3.8, 4) is 0 Å². The Hall–Kier alpha value is -2.47. The minimum Gasteiger partial charge on any atom is -0.338 e. The van der Waals surface area contributed by atoms with E-state index in [-0.39, 0.29) is 17.0 Å². The standard InChI is InChI=1S/C18H17N3O2S/c22-16(15-12-19-18-21(17(15)23)10-11-24-18)20-8-3-6-13-4-1-2-5-14(13)7-9-20/h1-2,4-5,10-12H,3,6-9H2. The molecule has 1 aliphatic heterocycles. The lowest BCUT2D eigenvalue weighted by molar-refractivity contribution is 0.0751. The Morgan fingerprint density at radius 3 is 2.75 bits per heavy atom. The van der Waals surface area contributed by atoms with Crippen molar-refractivity contribution < 1.29 is 4.79 Å². The van der Waals surface area contributed by atoms with Gasteiger partial charge >= 0.3 is 0 Å². The summed E-state index contributed by atoms with van der Waals surface area (Å²) in [7, 11) is 0. The van der Waals surface area contributed by atoms with Crippen molar-refractivity contribution in [2.45, 2.75) is 19.3 Å². The molecule has 0 atom stereocenters. The van der Waals surface area contributed by atoms with Gasteiger partial charge in [-0.1, -0.05) is 24.3 Å². The molecule has 0 N–H and O–H groups in total. The van der Waals surface area contributed by atoms with Gasteiger partial charge in [-0.15, -0.1) is 11.3 Å². The summed E-state index contributed by atoms with van der Waals surface area (Å²) in [6, 6.07) is 8.38. The van der Waals surface area contributed by atoms with E-state index in [9.17, 15) is 9.59 Å². The maximum atomic E-state index is 12.8. The topological polar surface area (TPSA) is 54.7 Å². The molecule has 1 amide bonds. The number of benzene rings is 1. The fourth-order valence-corrected chi connectivity index (χ4v) is 3.89. The smallest absolute Gasteiger partial charge is 0.271 e. The van der Waals surface area contributed by atoms with Crippen molar-refractivity contribution in [1.29, 1.82) is 0 Å². The first kappa shape index (κ1) is 15.1. The Morgan fingerprint density at radius 2 is 1.92 bits per heavy atom. The van der Waals surface area contributed by atoms with Crippen LogP contribution in [0.25, 0.3) is 4.96 Å². The van der Waals surface area contributed by atoms with E-state index in [2.05, 4.69) is 23.2 Å². The van der Waals surface area contributed by atoms with E-state index in [4.69, 9.17) is 0 Å². The SMILES string of the molecule is O=C(c1cnc2sccn2c1=O)N1CCCc2ccccc2CC1. The molecule has 3 aromatic rings. The Kier molecular flexibility index (Phi) is 3.90. The molecule has 0 unspecified atom stereocenters. The zero-order chi connectivity index (χ0) is 16.5. The van der Waals surface area contributed by atoms with Crippen molar-refractivity contribution >= 4 is 22.2 Å². The summed E-state index contributed by atoms with van der Waals surface area (Å²) in [5.74, 6) is -0.215. The van der Waals surface area contributed by atoms with Crippen molar-refractivity contribution in [3.63, 3.8) is 0 Å². The quantitative estimate of drug-likeness (QED) is 0.684. The molecule has 122 valence electrons. The first-order valence-corrected chi connectivity index (χ1v) is 8.93. The van der Waals surface area contributed by atoms with Crippen LogP contribution in [-0.2, 0) is 12.8 Å². The fraction of sp³-hybridized carbons (Fsp3) is 0.278. The average Bonchev–Trinajstić information content (AvgIpc) is 3.05. The molecule has 4 rings (SSSR count). The van der Waals surface area contributed by atoms with Crippen LogP contribution in [0, 0.1) is 0 Å². The molecule has 1 aromatic carbocycles. The van der Waals surface area contributed by atoms with Crippen LogP contribution in [-0.4, -0.2) is 33.3 Å². The van der Waals surface area contributed by atoms with Crippen molar-refractivity contribution in [2.75, 3.05) is 13.1 Å². The highest BCUT2D eigenvalue weighted by Gasteiger charge is 2.22. The van der Waals surface area contributed by atoms with E-state index < -0.39 is 0 Å². The Morgan fingerprint density at radius 1 is 1.12 bits per heavy atom. The summed E-state index contributed by atoms with van der Waals surface area (Å²) in [6.07, 6.45) is 5.76. The molecule has 24 heavy (non-hydrogen) atoms. The predicted octanol–water partition coefficient (Wildman–Crippen LogP) is 2.39. The van der Waals surface area contributed by atoms with E-state index in [1.807, 2.05) is 6.07 Å². The third-order valence-corrected chi connectivity index (χ3v) is 5.27. The van der Waals surface area contributed by atoms with Crippen LogP contribution < -0.4 is 5.56 Å². The average molecular weight is 339 g/mol. The van der Waals surface area contributed by atoms with E-state index in [1.54, 1.807) is 16.5 Å². The molecule has 0 saturated heterocycles. The molecular weight excluding hydrogens is 322 g/mol. The summed E-state index contributed by atoms with van der Waals surface area (Å²) < 4.78 is 1.44. The van der Waals surface area contributed by atoms with E-state index >= 15 is 0 Å². The largest absolute Gasteiger partial charge is 0.338 e. The maximum Gasteiger partial charge on any atom is 0.271 e. The molecule has 3 heterocycles. The van der Waals surface area contributed by atoms with Crippen LogP contribution in [0.3, 0.4) is 0 Å². The van der Waals surface area contributed by atoms with Crippen LogP contribution in [0.15, 0.2) is 46.8 Å². The number of carbonyl (C=O) groups excluding carboxylic acids is 1. The van der Waals surface area contributed by atoms with Crippen LogP contribution in [0.5, 0.6) is 0 Å². The summed E-state index contributed by atoms with van der Waals surface area (Å²) in [5, 5.41) is 1.80. The van der Waals surface area contributed by atoms with Gasteiger partial charge in [-0.3, -0.25) is 14.0 Å². The summed E-state index contributed by atoms with van der Waals surface area (Å²) in [6.45, 7) is 1.29. The molecule has 0 fully saturated rings. The highest BCUT2D eigenvalue weighted by molar-refractivity contribution is 7.15. The second kappa shape index (κ2) is 6.20. The summed E-state index contributed by atoms with van der Waals surface area (Å²) in [4.78, 5) is 32.0. The Labute approximate surface area is 143 Å². The van der Waals surface area contributed by atoms with Gasteiger partial charge in [-0.2, -0.15) is 0 Å². The van der Waals surface area contributed by atoms with E-state index in [0.717, 1.165) is 19.3 Å². The second-order valence-electron chi connectivity index (χ2n) is 5.95. The highest BCUT2D eigenvalue weighted by Crippen LogP contribution is 2.17. The van der Waals surface area contributed by atoms with E-state index in [0.29, 0.717) is 18.1 Å². The highest BCUT2D eigenvalue weighted by atomic mass is 32.1. The number of fused-ring (bicyclic) bond motifs is 2. The number of hydrogen-bond acceptors (Lipinski definition) is 4. The second-order valence-corrected chi connectivity index (χ2v) is 6.82. The number of aromatic nitrogens is 2. The molecular formula is C18H17N3O2S. The lowest BCUT2D eigenvalue weighted by Crippen LogP contribution is -2.38. The van der Waals surface area contributed by atoms with Gasteiger partial charge in [-0.25, -0.2) is 4.98 Å². The number of carbonyl (C=O) groups is 1. The van der Waals surface area contributed by atoms with Crippen molar-refractivity contribution in [1.82, 2.24) is 14.3 Å². The third kappa shape index (κ3) is 2.63. The monoisotopic (exact) mass is 339 g/mol. The molecule has 0 bridgehead atoms. The minimum absolute atomic E-state index is 0.153. The number of thiazole rings is 1. The van der Waals surface area contributed by atoms with Gasteiger partial charge in [0.15, 0.2) is 4.96 Å². The minimum atomic E-state index is -0.284. The lowest BCUT2D eigenvalue weighted by Gasteiger charge is -2.25. The van der Waals surface area contributed by atoms with Crippen LogP contribution in [0.2, 0.25) is 0 Å². The van der Waals surface area contributed by atoms with Gasteiger partial charge < -0.3 is 4.90 Å². The van der Waals surface area contributed by atoms with Crippen LogP contribution in [0.1, 0.15) is 27.9 Å². The third-order valence-electron chi connectivity index (χ3n) is 4.50. The maximum absolute atomic E-state index is 12.8. The number of aryl methyl sites for hydroxylation is 1. The molecule has 0 radical (unpaired) electrons. The molecule has 6 heteroatoms. The zero-order valence-electron chi connectivity index (χ0n) is 13.1. The number of amides is 1. The number of rotatable bonds is 1. The Bertz CT molecular complexity index is 960. The van der Waals surface area contributed by atoms with Crippen molar-refractivity contribution in [2.24, 2.45) is 0 Å². The molecule has 2 aromatic heterocycles. The van der Waals surface area contributed by atoms with Gasteiger partial charge in [0.25, 0.3) is 11.5 Å². The first-order valence-electron chi connectivity index (χ1n) is 8.05. The predicted molar refractivity (Wildman–Crippen MR) is 93.7 cm³/mol. The zero-order valence-corrected chi connectivity index (χ0v) is 14.0. The van der Waals surface area contributed by atoms with Crippen LogP contribution >= 0.6 is 11.3 Å². The van der Waals surface area contributed by atoms with E-state index in [1.165, 1.54) is 33.1 Å². The molecule has 5 nitrogen and oxygen atoms in total. The molecule has 0 saturated carbocycles. The number of nitrogens with zero attached hydrogens (tertiary/aromatic N) is 3. The summed E-state index contributed by atoms with van der Waals surface area (Å²) in [5.41, 5.74) is 2.53. The molecule has 0 spiro atoms. The van der Waals surface area contributed by atoms with Gasteiger partial charge in [0, 0.05) is 30.9 Å². The van der Waals surface area contributed by atoms with Gasteiger partial charge in [0.2, 0.25) is 0 Å². The summed E-state index contributed by atoms with van der Waals surface area (Å²) >= 11 is 1.38. The van der Waals surface area contributed by atoms with Crippen molar-refractivity contribution in [3.05, 3.63) is 69.1 Å². The fourth-order valence-electron chi connectivity index (χ4n) is 3.22. The molecule has 0 aliphatic carbocycles.